The van der Waals surface area contributed by atoms with E-state index >= 15 is 0 Å². The summed E-state index contributed by atoms with van der Waals surface area (Å²) in [5.74, 6) is -0.516. The number of amides is 1. The summed E-state index contributed by atoms with van der Waals surface area (Å²) in [5.41, 5.74) is 0.742. The van der Waals surface area contributed by atoms with E-state index in [9.17, 15) is 14.0 Å². The van der Waals surface area contributed by atoms with E-state index in [1.54, 1.807) is 12.1 Å². The number of aryl methyl sites for hydroxylation is 1. The van der Waals surface area contributed by atoms with Crippen LogP contribution in [0.2, 0.25) is 0 Å². The van der Waals surface area contributed by atoms with E-state index in [0.29, 0.717) is 11.7 Å². The smallest absolute Gasteiger partial charge is 0.307 e. The molecule has 1 N–H and O–H groups in total. The lowest BCUT2D eigenvalue weighted by molar-refractivity contribution is -0.154. The molecule has 0 unspecified atom stereocenters. The molecule has 0 bridgehead atoms. The van der Waals surface area contributed by atoms with Gasteiger partial charge in [0.05, 0.1) is 11.3 Å². The van der Waals surface area contributed by atoms with Crippen molar-refractivity contribution in [3.63, 3.8) is 0 Å². The minimum atomic E-state index is -0.947. The van der Waals surface area contributed by atoms with Gasteiger partial charge < -0.3 is 14.6 Å². The van der Waals surface area contributed by atoms with Crippen LogP contribution in [-0.4, -0.2) is 28.1 Å². The molecule has 2 heterocycles. The second-order valence-electron chi connectivity index (χ2n) is 5.97. The van der Waals surface area contributed by atoms with Crippen LogP contribution >= 0.6 is 11.3 Å². The molecule has 1 atom stereocenters. The van der Waals surface area contributed by atoms with Crippen LogP contribution < -0.4 is 5.32 Å². The molecular weight excluding hydrogens is 385 g/mol. The lowest BCUT2D eigenvalue weighted by atomic mass is 10.2. The fraction of sp³-hybridized carbons (Fsp3) is 0.263. The average Bonchev–Trinajstić information content (AvgIpc) is 3.37. The van der Waals surface area contributed by atoms with Gasteiger partial charge in [0, 0.05) is 13.0 Å². The van der Waals surface area contributed by atoms with Crippen LogP contribution in [0.4, 0.5) is 4.39 Å². The van der Waals surface area contributed by atoms with Gasteiger partial charge in [0.2, 0.25) is 11.7 Å². The van der Waals surface area contributed by atoms with E-state index in [0.717, 1.165) is 10.4 Å². The Kier molecular flexibility index (Phi) is 6.49. The number of aromatic nitrogens is 2. The van der Waals surface area contributed by atoms with Crippen molar-refractivity contribution >= 4 is 23.2 Å². The summed E-state index contributed by atoms with van der Waals surface area (Å²) in [6.07, 6.45) is -0.708. The number of rotatable bonds is 8. The number of halogens is 1. The molecule has 0 aliphatic rings. The van der Waals surface area contributed by atoms with E-state index in [1.807, 2.05) is 17.5 Å². The van der Waals surface area contributed by atoms with Gasteiger partial charge in [-0.05, 0) is 36.1 Å². The Bertz CT molecular complexity index is 925. The van der Waals surface area contributed by atoms with Crippen molar-refractivity contribution in [3.8, 4) is 10.7 Å². The maximum Gasteiger partial charge on any atom is 0.307 e. The lowest BCUT2D eigenvalue weighted by Crippen LogP contribution is -2.35. The Morgan fingerprint density at radius 3 is 2.79 bits per heavy atom. The van der Waals surface area contributed by atoms with Gasteiger partial charge in [0.25, 0.3) is 5.91 Å². The first kappa shape index (κ1) is 19.7. The van der Waals surface area contributed by atoms with Crippen molar-refractivity contribution < 1.29 is 23.2 Å². The van der Waals surface area contributed by atoms with E-state index in [-0.39, 0.29) is 25.2 Å². The van der Waals surface area contributed by atoms with E-state index < -0.39 is 18.0 Å². The molecule has 0 fully saturated rings. The van der Waals surface area contributed by atoms with Crippen molar-refractivity contribution in [1.29, 1.82) is 0 Å². The highest BCUT2D eigenvalue weighted by molar-refractivity contribution is 7.13. The summed E-state index contributed by atoms with van der Waals surface area (Å²) < 4.78 is 23.1. The van der Waals surface area contributed by atoms with Crippen LogP contribution in [0, 0.1) is 5.82 Å². The highest BCUT2D eigenvalue weighted by Gasteiger charge is 2.18. The first-order valence-electron chi connectivity index (χ1n) is 8.59. The van der Waals surface area contributed by atoms with Crippen LogP contribution in [0.3, 0.4) is 0 Å². The van der Waals surface area contributed by atoms with Crippen molar-refractivity contribution in [3.05, 3.63) is 59.0 Å². The number of hydrogen-bond donors (Lipinski definition) is 1. The molecule has 3 aromatic rings. The zero-order chi connectivity index (χ0) is 19.9. The van der Waals surface area contributed by atoms with E-state index in [4.69, 9.17) is 9.26 Å². The molecule has 9 heteroatoms. The number of carbonyl (C=O) groups is 2. The van der Waals surface area contributed by atoms with Crippen LogP contribution in [0.1, 0.15) is 24.8 Å². The molecule has 0 radical (unpaired) electrons. The van der Waals surface area contributed by atoms with Crippen molar-refractivity contribution in [1.82, 2.24) is 15.5 Å². The molecule has 28 heavy (non-hydrogen) atoms. The fourth-order valence-corrected chi connectivity index (χ4v) is 2.97. The van der Waals surface area contributed by atoms with E-state index in [2.05, 4.69) is 15.5 Å². The molecule has 0 spiro atoms. The van der Waals surface area contributed by atoms with Crippen molar-refractivity contribution in [2.45, 2.75) is 32.4 Å². The van der Waals surface area contributed by atoms with Crippen molar-refractivity contribution in [2.75, 3.05) is 0 Å². The summed E-state index contributed by atoms with van der Waals surface area (Å²) in [5, 5.41) is 8.41. The summed E-state index contributed by atoms with van der Waals surface area (Å²) in [6, 6.07) is 9.52. The number of nitrogens with one attached hydrogen (secondary N) is 1. The van der Waals surface area contributed by atoms with Gasteiger partial charge in [-0.25, -0.2) is 4.39 Å². The average molecular weight is 403 g/mol. The Labute approximate surface area is 164 Å². The highest BCUT2D eigenvalue weighted by Crippen LogP contribution is 2.21. The topological polar surface area (TPSA) is 94.3 Å². The van der Waals surface area contributed by atoms with Crippen LogP contribution in [0.25, 0.3) is 10.7 Å². The minimum Gasteiger partial charge on any atom is -0.453 e. The van der Waals surface area contributed by atoms with Gasteiger partial charge in [-0.3, -0.25) is 9.59 Å². The minimum absolute atomic E-state index is 0.0155. The predicted molar refractivity (Wildman–Crippen MR) is 99.7 cm³/mol. The number of benzene rings is 1. The molecule has 0 saturated heterocycles. The first-order valence-corrected chi connectivity index (χ1v) is 9.47. The second-order valence-corrected chi connectivity index (χ2v) is 6.91. The fourth-order valence-electron chi connectivity index (χ4n) is 2.32. The molecule has 2 aromatic heterocycles. The summed E-state index contributed by atoms with van der Waals surface area (Å²) in [6.45, 7) is 1.70. The largest absolute Gasteiger partial charge is 0.453 e. The number of carbonyl (C=O) groups excluding carboxylic acids is 2. The third-order valence-corrected chi connectivity index (χ3v) is 4.68. The Hall–Kier alpha value is -3.07. The monoisotopic (exact) mass is 403 g/mol. The Balaban J connectivity index is 1.41. The Morgan fingerprint density at radius 1 is 1.29 bits per heavy atom. The molecule has 0 aliphatic heterocycles. The third kappa shape index (κ3) is 5.46. The normalized spacial score (nSPS) is 11.8. The van der Waals surface area contributed by atoms with Gasteiger partial charge in [0.1, 0.15) is 5.82 Å². The molecule has 146 valence electrons. The standard InChI is InChI=1S/C19H18FN3O4S/c1-12(19(25)21-11-13-4-6-14(20)7-5-13)26-17(24)9-8-16-22-18(23-27-16)15-3-2-10-28-15/h2-7,10,12H,8-9,11H2,1H3,(H,21,25)/t12-/m0/s1. The number of ether oxygens (including phenoxy) is 1. The van der Waals surface area contributed by atoms with Crippen LogP contribution in [-0.2, 0) is 27.3 Å². The summed E-state index contributed by atoms with van der Waals surface area (Å²) in [7, 11) is 0. The quantitative estimate of drug-likeness (QED) is 0.581. The third-order valence-electron chi connectivity index (χ3n) is 3.81. The molecule has 1 aromatic carbocycles. The molecule has 0 aliphatic carbocycles. The zero-order valence-corrected chi connectivity index (χ0v) is 15.9. The van der Waals surface area contributed by atoms with Gasteiger partial charge in [-0.2, -0.15) is 4.98 Å². The molecule has 1 amide bonds. The number of thiophene rings is 1. The molecule has 0 saturated carbocycles. The maximum atomic E-state index is 12.9. The van der Waals surface area contributed by atoms with Gasteiger partial charge in [-0.15, -0.1) is 11.3 Å². The molecule has 7 nitrogen and oxygen atoms in total. The first-order chi connectivity index (χ1) is 13.5. The van der Waals surface area contributed by atoms with Gasteiger partial charge in [0.15, 0.2) is 6.10 Å². The number of hydrogen-bond acceptors (Lipinski definition) is 7. The zero-order valence-electron chi connectivity index (χ0n) is 15.1. The summed E-state index contributed by atoms with van der Waals surface area (Å²) in [4.78, 5) is 29.1. The van der Waals surface area contributed by atoms with Gasteiger partial charge >= 0.3 is 5.97 Å². The molecule has 3 rings (SSSR count). The molecular formula is C19H18FN3O4S. The lowest BCUT2D eigenvalue weighted by Gasteiger charge is -2.13. The number of esters is 1. The van der Waals surface area contributed by atoms with Crippen LogP contribution in [0.5, 0.6) is 0 Å². The van der Waals surface area contributed by atoms with Gasteiger partial charge in [-0.1, -0.05) is 23.4 Å². The van der Waals surface area contributed by atoms with Crippen molar-refractivity contribution in [2.24, 2.45) is 0 Å². The summed E-state index contributed by atoms with van der Waals surface area (Å²) >= 11 is 1.49. The second kappa shape index (κ2) is 9.23. The number of nitrogens with zero attached hydrogens (tertiary/aromatic N) is 2. The maximum absolute atomic E-state index is 12.9. The predicted octanol–water partition coefficient (Wildman–Crippen LogP) is 3.12. The van der Waals surface area contributed by atoms with E-state index in [1.165, 1.54) is 30.4 Å². The van der Waals surface area contributed by atoms with Crippen LogP contribution in [0.15, 0.2) is 46.3 Å². The SMILES string of the molecule is C[C@H](OC(=O)CCc1nc(-c2cccs2)no1)C(=O)NCc1ccc(F)cc1. The highest BCUT2D eigenvalue weighted by atomic mass is 32.1. The Morgan fingerprint density at radius 2 is 2.07 bits per heavy atom.